The Balaban J connectivity index is 2.22. The van der Waals surface area contributed by atoms with E-state index in [4.69, 9.17) is 11.6 Å². The molecule has 0 radical (unpaired) electrons. The predicted molar refractivity (Wildman–Crippen MR) is 78.3 cm³/mol. The number of methoxy groups -OCH3 is 1. The molecule has 0 amide bonds. The zero-order valence-electron chi connectivity index (χ0n) is 11.3. The number of hydrogen-bond acceptors (Lipinski definition) is 6. The second-order valence-corrected chi connectivity index (χ2v) is 5.83. The molecule has 0 aliphatic carbocycles. The summed E-state index contributed by atoms with van der Waals surface area (Å²) in [6, 6.07) is -0.0438. The predicted octanol–water partition coefficient (Wildman–Crippen LogP) is 3.12. The van der Waals surface area contributed by atoms with Crippen molar-refractivity contribution in [2.24, 2.45) is 5.92 Å². The number of ether oxygens (including phenoxy) is 1. The maximum atomic E-state index is 11.5. The third kappa shape index (κ3) is 3.10. The van der Waals surface area contributed by atoms with Crippen LogP contribution in [-0.2, 0) is 4.74 Å². The number of thiazole rings is 1. The molecule has 0 bridgehead atoms. The molecule has 0 unspecified atom stereocenters. The highest BCUT2D eigenvalue weighted by Crippen LogP contribution is 2.31. The van der Waals surface area contributed by atoms with Gasteiger partial charge in [-0.2, -0.15) is 0 Å². The van der Waals surface area contributed by atoms with E-state index in [-0.39, 0.29) is 17.1 Å². The fraction of sp³-hybridized carbons (Fsp3) is 0.417. The molecule has 2 aromatic rings. The quantitative estimate of drug-likeness (QED) is 0.829. The van der Waals surface area contributed by atoms with Crippen molar-refractivity contribution in [1.82, 2.24) is 15.0 Å². The van der Waals surface area contributed by atoms with Crippen molar-refractivity contribution >= 4 is 34.0 Å². The zero-order chi connectivity index (χ0) is 14.7. The molecule has 1 atom stereocenters. The molecule has 0 saturated carbocycles. The molecule has 108 valence electrons. The minimum Gasteiger partial charge on any atom is -0.465 e. The Labute approximate surface area is 125 Å². The number of halogens is 1. The van der Waals surface area contributed by atoms with Gasteiger partial charge in [0, 0.05) is 12.4 Å². The van der Waals surface area contributed by atoms with Gasteiger partial charge in [-0.15, -0.1) is 0 Å². The zero-order valence-corrected chi connectivity index (χ0v) is 12.9. The highest BCUT2D eigenvalue weighted by atomic mass is 35.5. The van der Waals surface area contributed by atoms with Crippen LogP contribution in [0.25, 0.3) is 0 Å². The number of H-pyrrole nitrogens is 1. The van der Waals surface area contributed by atoms with Gasteiger partial charge in [0.15, 0.2) is 15.2 Å². The Morgan fingerprint density at radius 2 is 2.30 bits per heavy atom. The van der Waals surface area contributed by atoms with Crippen LogP contribution < -0.4 is 5.32 Å². The van der Waals surface area contributed by atoms with E-state index in [0.717, 1.165) is 17.2 Å². The summed E-state index contributed by atoms with van der Waals surface area (Å²) in [5.74, 6) is 0.607. The normalized spacial score (nSPS) is 12.4. The molecule has 2 rings (SSSR count). The van der Waals surface area contributed by atoms with Crippen molar-refractivity contribution in [2.75, 3.05) is 12.4 Å². The Bertz CT molecular complexity index is 582. The molecule has 2 N–H and O–H groups in total. The van der Waals surface area contributed by atoms with E-state index in [9.17, 15) is 4.79 Å². The van der Waals surface area contributed by atoms with E-state index < -0.39 is 5.97 Å². The maximum absolute atomic E-state index is 11.5. The van der Waals surface area contributed by atoms with Crippen LogP contribution in [0, 0.1) is 5.92 Å². The van der Waals surface area contributed by atoms with E-state index in [1.54, 1.807) is 12.4 Å². The minimum absolute atomic E-state index is 0.0438. The second kappa shape index (κ2) is 6.23. The van der Waals surface area contributed by atoms with Crippen molar-refractivity contribution in [3.05, 3.63) is 28.2 Å². The van der Waals surface area contributed by atoms with Crippen LogP contribution in [0.3, 0.4) is 0 Å². The van der Waals surface area contributed by atoms with Crippen LogP contribution in [0.15, 0.2) is 12.4 Å². The van der Waals surface area contributed by atoms with Gasteiger partial charge in [0.05, 0.1) is 13.2 Å². The van der Waals surface area contributed by atoms with Crippen LogP contribution in [0.1, 0.15) is 35.4 Å². The van der Waals surface area contributed by atoms with Gasteiger partial charge in [-0.05, 0) is 5.92 Å². The number of esters is 1. The number of carbonyl (C=O) groups is 1. The molecule has 8 heteroatoms. The summed E-state index contributed by atoms with van der Waals surface area (Å²) in [6.07, 6.45) is 3.46. The van der Waals surface area contributed by atoms with Crippen molar-refractivity contribution in [3.63, 3.8) is 0 Å². The number of nitrogens with one attached hydrogen (secondary N) is 2. The molecular formula is C12H15ClN4O2S. The summed E-state index contributed by atoms with van der Waals surface area (Å²) < 4.78 is 4.66. The first-order valence-electron chi connectivity index (χ1n) is 6.03. The summed E-state index contributed by atoms with van der Waals surface area (Å²) in [6.45, 7) is 4.13. The van der Waals surface area contributed by atoms with E-state index in [2.05, 4.69) is 38.9 Å². The van der Waals surface area contributed by atoms with Crippen molar-refractivity contribution in [2.45, 2.75) is 19.9 Å². The fourth-order valence-corrected chi connectivity index (χ4v) is 2.85. The number of aromatic nitrogens is 3. The Morgan fingerprint density at radius 3 is 2.85 bits per heavy atom. The van der Waals surface area contributed by atoms with E-state index >= 15 is 0 Å². The number of aromatic amines is 1. The lowest BCUT2D eigenvalue weighted by atomic mass is 10.0. The molecule has 20 heavy (non-hydrogen) atoms. The van der Waals surface area contributed by atoms with E-state index in [1.165, 1.54) is 7.11 Å². The lowest BCUT2D eigenvalue weighted by Gasteiger charge is -2.19. The van der Waals surface area contributed by atoms with Crippen LogP contribution >= 0.6 is 22.9 Å². The van der Waals surface area contributed by atoms with Crippen LogP contribution in [0.5, 0.6) is 0 Å². The molecular weight excluding hydrogens is 300 g/mol. The van der Waals surface area contributed by atoms with Crippen LogP contribution in [0.2, 0.25) is 5.15 Å². The molecule has 0 fully saturated rings. The first-order chi connectivity index (χ1) is 9.52. The smallest absolute Gasteiger partial charge is 0.351 e. The Kier molecular flexibility index (Phi) is 4.61. The maximum Gasteiger partial charge on any atom is 0.351 e. The standard InChI is InChI=1S/C12H15ClN4O2S/c1-6(2)7(10-14-4-5-15-10)16-12-17-9(13)8(20-12)11(18)19-3/h4-7H,1-3H3,(H,14,15)(H,16,17)/t7-/m0/s1. The fourth-order valence-electron chi connectivity index (χ4n) is 1.71. The Hall–Kier alpha value is -1.60. The molecule has 0 aliphatic heterocycles. The minimum atomic E-state index is -0.486. The summed E-state index contributed by atoms with van der Waals surface area (Å²) in [5, 5.41) is 3.95. The first-order valence-corrected chi connectivity index (χ1v) is 7.22. The third-order valence-corrected chi connectivity index (χ3v) is 4.07. The molecule has 0 aromatic carbocycles. The first kappa shape index (κ1) is 14.8. The number of anilines is 1. The number of hydrogen-bond donors (Lipinski definition) is 2. The van der Waals surface area contributed by atoms with Gasteiger partial charge in [-0.3, -0.25) is 0 Å². The van der Waals surface area contributed by atoms with Crippen LogP contribution in [0.4, 0.5) is 5.13 Å². The molecule has 6 nitrogen and oxygen atoms in total. The van der Waals surface area contributed by atoms with Crippen molar-refractivity contribution in [3.8, 4) is 0 Å². The Morgan fingerprint density at radius 1 is 1.55 bits per heavy atom. The molecule has 2 heterocycles. The summed E-state index contributed by atoms with van der Waals surface area (Å²) in [5.41, 5.74) is 0. The van der Waals surface area contributed by atoms with Crippen molar-refractivity contribution < 1.29 is 9.53 Å². The lowest BCUT2D eigenvalue weighted by molar-refractivity contribution is 0.0606. The molecule has 0 saturated heterocycles. The molecule has 0 spiro atoms. The number of rotatable bonds is 5. The van der Waals surface area contributed by atoms with Gasteiger partial charge in [-0.1, -0.05) is 36.8 Å². The molecule has 0 aliphatic rings. The van der Waals surface area contributed by atoms with Gasteiger partial charge < -0.3 is 15.0 Å². The van der Waals surface area contributed by atoms with E-state index in [0.29, 0.717) is 10.0 Å². The monoisotopic (exact) mass is 314 g/mol. The highest BCUT2D eigenvalue weighted by molar-refractivity contribution is 7.18. The number of imidazole rings is 1. The third-order valence-electron chi connectivity index (χ3n) is 2.72. The summed E-state index contributed by atoms with van der Waals surface area (Å²) >= 11 is 7.11. The van der Waals surface area contributed by atoms with Gasteiger partial charge in [0.25, 0.3) is 0 Å². The van der Waals surface area contributed by atoms with Gasteiger partial charge in [0.2, 0.25) is 0 Å². The van der Waals surface area contributed by atoms with Crippen molar-refractivity contribution in [1.29, 1.82) is 0 Å². The average Bonchev–Trinajstić information content (AvgIpc) is 3.04. The largest absolute Gasteiger partial charge is 0.465 e. The summed E-state index contributed by atoms with van der Waals surface area (Å²) in [4.78, 5) is 23.3. The average molecular weight is 315 g/mol. The highest BCUT2D eigenvalue weighted by Gasteiger charge is 2.22. The topological polar surface area (TPSA) is 79.9 Å². The summed E-state index contributed by atoms with van der Waals surface area (Å²) in [7, 11) is 1.31. The number of nitrogens with zero attached hydrogens (tertiary/aromatic N) is 2. The van der Waals surface area contributed by atoms with Gasteiger partial charge in [0.1, 0.15) is 5.82 Å². The second-order valence-electron chi connectivity index (χ2n) is 4.47. The SMILES string of the molecule is COC(=O)c1sc(N[C@H](c2ncc[nH]2)C(C)C)nc1Cl. The lowest BCUT2D eigenvalue weighted by Crippen LogP contribution is -2.18. The molecule has 2 aromatic heterocycles. The van der Waals surface area contributed by atoms with Gasteiger partial charge >= 0.3 is 5.97 Å². The number of carbonyl (C=O) groups excluding carboxylic acids is 1. The van der Waals surface area contributed by atoms with Crippen LogP contribution in [-0.4, -0.2) is 28.0 Å². The van der Waals surface area contributed by atoms with Gasteiger partial charge in [-0.25, -0.2) is 14.8 Å². The van der Waals surface area contributed by atoms with E-state index in [1.807, 2.05) is 0 Å².